The third kappa shape index (κ3) is 7.36. The van der Waals surface area contributed by atoms with Crippen LogP contribution in [0, 0.1) is 0 Å². The molecule has 1 unspecified atom stereocenters. The molecule has 1 aliphatic rings. The SMILES string of the molecule is COCCNCC(=O)N1CCN(Cc2ccccc2)CC1C.Cl.Cl. The summed E-state index contributed by atoms with van der Waals surface area (Å²) in [6.07, 6.45) is 0. The lowest BCUT2D eigenvalue weighted by Crippen LogP contribution is -2.55. The molecule has 0 aromatic heterocycles. The van der Waals surface area contributed by atoms with Gasteiger partial charge >= 0.3 is 0 Å². The van der Waals surface area contributed by atoms with Crippen molar-refractivity contribution in [3.05, 3.63) is 35.9 Å². The molecule has 1 aromatic carbocycles. The molecule has 0 saturated carbocycles. The van der Waals surface area contributed by atoms with E-state index in [1.54, 1.807) is 7.11 Å². The Bertz CT molecular complexity index is 462. The van der Waals surface area contributed by atoms with Gasteiger partial charge < -0.3 is 15.0 Å². The van der Waals surface area contributed by atoms with Crippen molar-refractivity contribution in [3.63, 3.8) is 0 Å². The van der Waals surface area contributed by atoms with E-state index in [0.29, 0.717) is 19.7 Å². The number of carbonyl (C=O) groups excluding carboxylic acids is 1. The summed E-state index contributed by atoms with van der Waals surface area (Å²) in [7, 11) is 1.66. The van der Waals surface area contributed by atoms with E-state index < -0.39 is 0 Å². The molecule has 1 amide bonds. The Labute approximate surface area is 157 Å². The van der Waals surface area contributed by atoms with Crippen LogP contribution in [-0.4, -0.2) is 68.2 Å². The van der Waals surface area contributed by atoms with E-state index in [4.69, 9.17) is 4.74 Å². The van der Waals surface area contributed by atoms with E-state index in [1.807, 2.05) is 11.0 Å². The Hall–Kier alpha value is -0.850. The summed E-state index contributed by atoms with van der Waals surface area (Å²) in [6.45, 7) is 7.49. The van der Waals surface area contributed by atoms with Gasteiger partial charge in [-0.25, -0.2) is 0 Å². The van der Waals surface area contributed by atoms with Crippen LogP contribution < -0.4 is 5.32 Å². The van der Waals surface area contributed by atoms with Crippen LogP contribution in [0.1, 0.15) is 12.5 Å². The fraction of sp³-hybridized carbons (Fsp3) is 0.588. The number of hydrogen-bond donors (Lipinski definition) is 1. The molecule has 5 nitrogen and oxygen atoms in total. The van der Waals surface area contributed by atoms with Crippen LogP contribution in [0.15, 0.2) is 30.3 Å². The number of piperazine rings is 1. The molecule has 1 atom stereocenters. The maximum atomic E-state index is 12.2. The monoisotopic (exact) mass is 377 g/mol. The lowest BCUT2D eigenvalue weighted by atomic mass is 10.1. The maximum Gasteiger partial charge on any atom is 0.236 e. The average molecular weight is 378 g/mol. The van der Waals surface area contributed by atoms with Crippen molar-refractivity contribution < 1.29 is 9.53 Å². The molecule has 1 aliphatic heterocycles. The zero-order chi connectivity index (χ0) is 15.8. The molecule has 2 rings (SSSR count). The first-order valence-electron chi connectivity index (χ1n) is 7.96. The molecule has 1 saturated heterocycles. The number of methoxy groups -OCH3 is 1. The molecule has 1 N–H and O–H groups in total. The van der Waals surface area contributed by atoms with Crippen molar-refractivity contribution in [1.82, 2.24) is 15.1 Å². The third-order valence-electron chi connectivity index (χ3n) is 4.04. The van der Waals surface area contributed by atoms with Crippen molar-refractivity contribution in [1.29, 1.82) is 0 Å². The van der Waals surface area contributed by atoms with Gasteiger partial charge in [0, 0.05) is 45.9 Å². The highest BCUT2D eigenvalue weighted by Gasteiger charge is 2.26. The predicted molar refractivity (Wildman–Crippen MR) is 102 cm³/mol. The zero-order valence-electron chi connectivity index (χ0n) is 14.4. The lowest BCUT2D eigenvalue weighted by molar-refractivity contribution is -0.134. The fourth-order valence-electron chi connectivity index (χ4n) is 2.86. The van der Waals surface area contributed by atoms with E-state index in [0.717, 1.165) is 26.2 Å². The molecule has 138 valence electrons. The summed E-state index contributed by atoms with van der Waals surface area (Å²) < 4.78 is 4.97. The third-order valence-corrected chi connectivity index (χ3v) is 4.04. The number of amides is 1. The number of nitrogens with one attached hydrogen (secondary N) is 1. The first-order valence-corrected chi connectivity index (χ1v) is 7.96. The standard InChI is InChI=1S/C17H27N3O2.2ClH/c1-15-13-19(14-16-6-4-3-5-7-16)9-10-20(15)17(21)12-18-8-11-22-2;;/h3-7,15,18H,8-14H2,1-2H3;2*1H. The van der Waals surface area contributed by atoms with Crippen LogP contribution in [0.4, 0.5) is 0 Å². The molecule has 1 heterocycles. The lowest BCUT2D eigenvalue weighted by Gasteiger charge is -2.40. The zero-order valence-corrected chi connectivity index (χ0v) is 16.1. The quantitative estimate of drug-likeness (QED) is 0.735. The topological polar surface area (TPSA) is 44.8 Å². The second-order valence-corrected chi connectivity index (χ2v) is 5.83. The van der Waals surface area contributed by atoms with Crippen LogP contribution in [0.25, 0.3) is 0 Å². The second-order valence-electron chi connectivity index (χ2n) is 5.83. The van der Waals surface area contributed by atoms with Gasteiger partial charge in [0.2, 0.25) is 5.91 Å². The molecule has 1 fully saturated rings. The normalized spacial score (nSPS) is 17.8. The van der Waals surface area contributed by atoms with Gasteiger partial charge in [-0.05, 0) is 12.5 Å². The summed E-state index contributed by atoms with van der Waals surface area (Å²) in [6, 6.07) is 10.8. The van der Waals surface area contributed by atoms with E-state index in [9.17, 15) is 4.79 Å². The summed E-state index contributed by atoms with van der Waals surface area (Å²) in [5.74, 6) is 0.183. The Balaban J connectivity index is 0.00000264. The highest BCUT2D eigenvalue weighted by molar-refractivity contribution is 5.85. The van der Waals surface area contributed by atoms with Crippen molar-refractivity contribution in [3.8, 4) is 0 Å². The van der Waals surface area contributed by atoms with E-state index in [1.165, 1.54) is 5.56 Å². The summed E-state index contributed by atoms with van der Waals surface area (Å²) in [5, 5.41) is 3.13. The van der Waals surface area contributed by atoms with Crippen LogP contribution in [0.5, 0.6) is 0 Å². The number of ether oxygens (including phenoxy) is 1. The number of rotatable bonds is 7. The van der Waals surface area contributed by atoms with Gasteiger partial charge in [-0.1, -0.05) is 30.3 Å². The molecule has 0 bridgehead atoms. The van der Waals surface area contributed by atoms with E-state index in [-0.39, 0.29) is 36.8 Å². The number of benzene rings is 1. The second kappa shape index (κ2) is 12.5. The van der Waals surface area contributed by atoms with Gasteiger partial charge in [0.25, 0.3) is 0 Å². The number of halogens is 2. The Morgan fingerprint density at radius 3 is 2.58 bits per heavy atom. The maximum absolute atomic E-state index is 12.2. The fourth-order valence-corrected chi connectivity index (χ4v) is 2.86. The largest absolute Gasteiger partial charge is 0.383 e. The first kappa shape index (κ1) is 23.1. The van der Waals surface area contributed by atoms with Crippen LogP contribution in [0.3, 0.4) is 0 Å². The van der Waals surface area contributed by atoms with Crippen molar-refractivity contribution >= 4 is 30.7 Å². The first-order chi connectivity index (χ1) is 10.7. The van der Waals surface area contributed by atoms with Crippen molar-refractivity contribution in [2.24, 2.45) is 0 Å². The average Bonchev–Trinajstić information content (AvgIpc) is 2.52. The van der Waals surface area contributed by atoms with Crippen molar-refractivity contribution in [2.75, 3.05) is 46.4 Å². The van der Waals surface area contributed by atoms with Gasteiger partial charge in [0.05, 0.1) is 13.2 Å². The summed E-state index contributed by atoms with van der Waals surface area (Å²) >= 11 is 0. The molecule has 24 heavy (non-hydrogen) atoms. The number of hydrogen-bond acceptors (Lipinski definition) is 4. The Kier molecular flexibility index (Phi) is 12.1. The highest BCUT2D eigenvalue weighted by Crippen LogP contribution is 2.13. The van der Waals surface area contributed by atoms with Crippen molar-refractivity contribution in [2.45, 2.75) is 19.5 Å². The van der Waals surface area contributed by atoms with E-state index in [2.05, 4.69) is 41.4 Å². The summed E-state index contributed by atoms with van der Waals surface area (Å²) in [5.41, 5.74) is 1.33. The molecular formula is C17H29Cl2N3O2. The highest BCUT2D eigenvalue weighted by atomic mass is 35.5. The van der Waals surface area contributed by atoms with E-state index >= 15 is 0 Å². The Morgan fingerprint density at radius 2 is 1.96 bits per heavy atom. The Morgan fingerprint density at radius 1 is 1.25 bits per heavy atom. The molecule has 1 aromatic rings. The van der Waals surface area contributed by atoms with Crippen LogP contribution in [0.2, 0.25) is 0 Å². The minimum atomic E-state index is 0. The molecule has 0 spiro atoms. The molecule has 0 aliphatic carbocycles. The minimum absolute atomic E-state index is 0. The molecular weight excluding hydrogens is 349 g/mol. The van der Waals surface area contributed by atoms with Crippen LogP contribution in [-0.2, 0) is 16.1 Å². The van der Waals surface area contributed by atoms with Gasteiger partial charge in [-0.15, -0.1) is 24.8 Å². The molecule has 7 heteroatoms. The molecule has 0 radical (unpaired) electrons. The van der Waals surface area contributed by atoms with Gasteiger partial charge in [0.1, 0.15) is 0 Å². The minimum Gasteiger partial charge on any atom is -0.383 e. The number of carbonyl (C=O) groups is 1. The van der Waals surface area contributed by atoms with Gasteiger partial charge in [-0.2, -0.15) is 0 Å². The predicted octanol–water partition coefficient (Wildman–Crippen LogP) is 1.80. The smallest absolute Gasteiger partial charge is 0.236 e. The number of nitrogens with zero attached hydrogens (tertiary/aromatic N) is 2. The summed E-state index contributed by atoms with van der Waals surface area (Å²) in [4.78, 5) is 16.6. The van der Waals surface area contributed by atoms with Gasteiger partial charge in [0.15, 0.2) is 0 Å². The van der Waals surface area contributed by atoms with Crippen LogP contribution >= 0.6 is 24.8 Å². The van der Waals surface area contributed by atoms with Gasteiger partial charge in [-0.3, -0.25) is 9.69 Å².